The summed E-state index contributed by atoms with van der Waals surface area (Å²) in [5, 5.41) is 0. The molecule has 0 unspecified atom stereocenters. The highest BCUT2D eigenvalue weighted by Crippen LogP contribution is 2.31. The number of nitrogens with zero attached hydrogens (tertiary/aromatic N) is 2. The number of rotatable bonds is 3. The molecule has 1 heterocycles. The van der Waals surface area contributed by atoms with Gasteiger partial charge in [-0.25, -0.2) is 9.97 Å². The number of benzene rings is 1. The Morgan fingerprint density at radius 2 is 1.89 bits per heavy atom. The van der Waals surface area contributed by atoms with Gasteiger partial charge in [-0.05, 0) is 37.5 Å². The molecule has 0 radical (unpaired) electrons. The number of hydrogen-bond donors (Lipinski definition) is 0. The van der Waals surface area contributed by atoms with Crippen LogP contribution in [0.1, 0.15) is 22.3 Å². The van der Waals surface area contributed by atoms with E-state index in [0.29, 0.717) is 11.8 Å². The van der Waals surface area contributed by atoms with Crippen LogP contribution >= 0.6 is 11.6 Å². The van der Waals surface area contributed by atoms with E-state index in [1.165, 1.54) is 11.9 Å². The molecule has 18 heavy (non-hydrogen) atoms. The average molecular weight is 263 g/mol. The smallest absolute Gasteiger partial charge is 0.226 e. The summed E-state index contributed by atoms with van der Waals surface area (Å²) in [4.78, 5) is 8.08. The molecule has 0 saturated carbocycles. The standard InChI is InChI=1S/C14H15ClN2O/c1-9-4-5-10(2)13(11(9)3)18-14-12(6-15)7-16-8-17-14/h4-5,7-8H,6H2,1-3H3. The van der Waals surface area contributed by atoms with Crippen LogP contribution < -0.4 is 4.74 Å². The van der Waals surface area contributed by atoms with Gasteiger partial charge in [0.25, 0.3) is 0 Å². The van der Waals surface area contributed by atoms with Crippen LogP contribution in [0.15, 0.2) is 24.7 Å². The van der Waals surface area contributed by atoms with Gasteiger partial charge >= 0.3 is 0 Å². The first-order valence-corrected chi connectivity index (χ1v) is 6.26. The molecule has 0 amide bonds. The van der Waals surface area contributed by atoms with E-state index in [2.05, 4.69) is 23.0 Å². The molecule has 0 atom stereocenters. The van der Waals surface area contributed by atoms with E-state index in [0.717, 1.165) is 22.4 Å². The summed E-state index contributed by atoms with van der Waals surface area (Å²) in [6, 6.07) is 4.12. The van der Waals surface area contributed by atoms with Crippen molar-refractivity contribution in [1.29, 1.82) is 0 Å². The fourth-order valence-corrected chi connectivity index (χ4v) is 1.89. The molecule has 0 aliphatic rings. The predicted octanol–water partition coefficient (Wildman–Crippen LogP) is 3.93. The van der Waals surface area contributed by atoms with E-state index in [1.54, 1.807) is 6.20 Å². The Balaban J connectivity index is 2.43. The number of ether oxygens (including phenoxy) is 1. The summed E-state index contributed by atoms with van der Waals surface area (Å²) in [6.45, 7) is 6.12. The van der Waals surface area contributed by atoms with Gasteiger partial charge in [0.2, 0.25) is 5.88 Å². The highest BCUT2D eigenvalue weighted by atomic mass is 35.5. The predicted molar refractivity (Wildman–Crippen MR) is 72.3 cm³/mol. The van der Waals surface area contributed by atoms with Gasteiger partial charge in [0.15, 0.2) is 0 Å². The van der Waals surface area contributed by atoms with Gasteiger partial charge in [0.1, 0.15) is 12.1 Å². The maximum Gasteiger partial charge on any atom is 0.226 e. The molecule has 3 nitrogen and oxygen atoms in total. The first-order chi connectivity index (χ1) is 8.63. The zero-order valence-electron chi connectivity index (χ0n) is 10.7. The Morgan fingerprint density at radius 3 is 2.61 bits per heavy atom. The van der Waals surface area contributed by atoms with Crippen molar-refractivity contribution >= 4 is 11.6 Å². The number of alkyl halides is 1. The van der Waals surface area contributed by atoms with Crippen molar-refractivity contribution < 1.29 is 4.74 Å². The third kappa shape index (κ3) is 2.46. The number of aryl methyl sites for hydroxylation is 2. The van der Waals surface area contributed by atoms with E-state index in [1.807, 2.05) is 19.9 Å². The van der Waals surface area contributed by atoms with Crippen molar-refractivity contribution in [2.45, 2.75) is 26.7 Å². The van der Waals surface area contributed by atoms with E-state index in [-0.39, 0.29) is 0 Å². The van der Waals surface area contributed by atoms with Crippen molar-refractivity contribution in [2.24, 2.45) is 0 Å². The SMILES string of the molecule is Cc1ccc(C)c(Oc2ncncc2CCl)c1C. The lowest BCUT2D eigenvalue weighted by Gasteiger charge is -2.14. The Hall–Kier alpha value is -1.61. The molecule has 0 saturated heterocycles. The Kier molecular flexibility index (Phi) is 3.82. The van der Waals surface area contributed by atoms with Crippen LogP contribution in [0.2, 0.25) is 0 Å². The van der Waals surface area contributed by atoms with Crippen molar-refractivity contribution in [3.8, 4) is 11.6 Å². The summed E-state index contributed by atoms with van der Waals surface area (Å²) in [7, 11) is 0. The van der Waals surface area contributed by atoms with E-state index < -0.39 is 0 Å². The molecule has 0 fully saturated rings. The monoisotopic (exact) mass is 262 g/mol. The zero-order valence-corrected chi connectivity index (χ0v) is 11.5. The maximum atomic E-state index is 5.91. The number of aromatic nitrogens is 2. The van der Waals surface area contributed by atoms with Crippen LogP contribution in [0, 0.1) is 20.8 Å². The maximum absolute atomic E-state index is 5.91. The summed E-state index contributed by atoms with van der Waals surface area (Å²) in [6.07, 6.45) is 3.14. The van der Waals surface area contributed by atoms with Gasteiger partial charge in [0, 0.05) is 11.8 Å². The number of halogens is 1. The van der Waals surface area contributed by atoms with Gasteiger partial charge in [-0.3, -0.25) is 0 Å². The highest BCUT2D eigenvalue weighted by molar-refractivity contribution is 6.17. The normalized spacial score (nSPS) is 10.4. The minimum Gasteiger partial charge on any atom is -0.438 e. The second-order valence-electron chi connectivity index (χ2n) is 4.24. The van der Waals surface area contributed by atoms with Crippen LogP contribution in [0.25, 0.3) is 0 Å². The van der Waals surface area contributed by atoms with E-state index >= 15 is 0 Å². The summed E-state index contributed by atoms with van der Waals surface area (Å²) in [5.41, 5.74) is 4.18. The molecule has 0 spiro atoms. The molecular weight excluding hydrogens is 248 g/mol. The van der Waals surface area contributed by atoms with Crippen LogP contribution in [0.3, 0.4) is 0 Å². The molecule has 0 aliphatic carbocycles. The third-order valence-electron chi connectivity index (χ3n) is 2.96. The molecule has 1 aromatic heterocycles. The van der Waals surface area contributed by atoms with Gasteiger partial charge in [-0.1, -0.05) is 12.1 Å². The van der Waals surface area contributed by atoms with E-state index in [9.17, 15) is 0 Å². The molecule has 94 valence electrons. The molecule has 2 aromatic rings. The Morgan fingerprint density at radius 1 is 1.17 bits per heavy atom. The van der Waals surface area contributed by atoms with Crippen LogP contribution in [0.4, 0.5) is 0 Å². The minimum absolute atomic E-state index is 0.333. The van der Waals surface area contributed by atoms with E-state index in [4.69, 9.17) is 16.3 Å². The van der Waals surface area contributed by atoms with Crippen LogP contribution in [-0.2, 0) is 5.88 Å². The third-order valence-corrected chi connectivity index (χ3v) is 3.25. The molecule has 1 aromatic carbocycles. The van der Waals surface area contributed by atoms with Gasteiger partial charge in [-0.15, -0.1) is 11.6 Å². The first-order valence-electron chi connectivity index (χ1n) is 5.73. The Labute approximate surface area is 112 Å². The topological polar surface area (TPSA) is 35.0 Å². The molecule has 0 aliphatic heterocycles. The molecule has 0 bridgehead atoms. The van der Waals surface area contributed by atoms with Gasteiger partial charge in [-0.2, -0.15) is 0 Å². The van der Waals surface area contributed by atoms with Crippen molar-refractivity contribution in [2.75, 3.05) is 0 Å². The largest absolute Gasteiger partial charge is 0.438 e. The van der Waals surface area contributed by atoms with Crippen molar-refractivity contribution in [1.82, 2.24) is 9.97 Å². The molecular formula is C14H15ClN2O. The van der Waals surface area contributed by atoms with Crippen molar-refractivity contribution in [3.05, 3.63) is 46.9 Å². The fraction of sp³-hybridized carbons (Fsp3) is 0.286. The highest BCUT2D eigenvalue weighted by Gasteiger charge is 2.11. The quantitative estimate of drug-likeness (QED) is 0.786. The fourth-order valence-electron chi connectivity index (χ4n) is 1.71. The van der Waals surface area contributed by atoms with Gasteiger partial charge in [0.05, 0.1) is 5.88 Å². The summed E-state index contributed by atoms with van der Waals surface area (Å²) >= 11 is 5.85. The lowest BCUT2D eigenvalue weighted by atomic mass is 10.1. The summed E-state index contributed by atoms with van der Waals surface area (Å²) in [5.74, 6) is 1.71. The Bertz CT molecular complexity index is 570. The second kappa shape index (κ2) is 5.36. The number of hydrogen-bond acceptors (Lipinski definition) is 3. The first kappa shape index (κ1) is 12.8. The zero-order chi connectivity index (χ0) is 13.1. The second-order valence-corrected chi connectivity index (χ2v) is 4.51. The average Bonchev–Trinajstić information content (AvgIpc) is 2.39. The van der Waals surface area contributed by atoms with Crippen LogP contribution in [-0.4, -0.2) is 9.97 Å². The minimum atomic E-state index is 0.333. The lowest BCUT2D eigenvalue weighted by Crippen LogP contribution is -1.98. The lowest BCUT2D eigenvalue weighted by molar-refractivity contribution is 0.449. The summed E-state index contributed by atoms with van der Waals surface area (Å²) < 4.78 is 5.91. The molecule has 2 rings (SSSR count). The van der Waals surface area contributed by atoms with Gasteiger partial charge < -0.3 is 4.74 Å². The van der Waals surface area contributed by atoms with Crippen LogP contribution in [0.5, 0.6) is 11.6 Å². The molecule has 4 heteroatoms. The van der Waals surface area contributed by atoms with Crippen molar-refractivity contribution in [3.63, 3.8) is 0 Å². The molecule has 0 N–H and O–H groups in total.